The number of carbonyl (C=O) groups is 1. The van der Waals surface area contributed by atoms with Gasteiger partial charge in [-0.05, 0) is 37.5 Å². The molecule has 2 nitrogen and oxygen atoms in total. The zero-order chi connectivity index (χ0) is 10.6. The summed E-state index contributed by atoms with van der Waals surface area (Å²) in [5.74, 6) is 0.00829. The Morgan fingerprint density at radius 2 is 2.29 bits per heavy atom. The van der Waals surface area contributed by atoms with Crippen LogP contribution in [0.3, 0.4) is 0 Å². The summed E-state index contributed by atoms with van der Waals surface area (Å²) < 4.78 is 0. The second-order valence-electron chi connectivity index (χ2n) is 3.38. The minimum absolute atomic E-state index is 0.0591. The first-order valence-electron chi connectivity index (χ1n) is 5.04. The Labute approximate surface area is 85.4 Å². The maximum absolute atomic E-state index is 11.5. The maximum atomic E-state index is 11.5. The molecule has 14 heavy (non-hydrogen) atoms. The summed E-state index contributed by atoms with van der Waals surface area (Å²) >= 11 is 0. The van der Waals surface area contributed by atoms with Crippen LogP contribution < -0.4 is 5.32 Å². The maximum Gasteiger partial charge on any atom is 0.231 e. The quantitative estimate of drug-likeness (QED) is 0.678. The Hall–Kier alpha value is -1.31. The van der Waals surface area contributed by atoms with Gasteiger partial charge in [0, 0.05) is 6.20 Å². The third-order valence-electron chi connectivity index (χ3n) is 2.42. The molecule has 0 aromatic heterocycles. The number of carbonyl (C=O) groups excluding carboxylic acids is 1. The second-order valence-corrected chi connectivity index (χ2v) is 3.38. The van der Waals surface area contributed by atoms with Crippen molar-refractivity contribution in [2.45, 2.75) is 27.2 Å². The lowest BCUT2D eigenvalue weighted by atomic mass is 9.93. The SMILES string of the molecule is C/C=C1/C=CNC(=O)C(C)/C1=C/CC. The van der Waals surface area contributed by atoms with Gasteiger partial charge in [0.25, 0.3) is 0 Å². The molecule has 1 N–H and O–H groups in total. The van der Waals surface area contributed by atoms with Gasteiger partial charge in [-0.25, -0.2) is 0 Å². The van der Waals surface area contributed by atoms with Crippen LogP contribution in [-0.2, 0) is 4.79 Å². The van der Waals surface area contributed by atoms with Crippen molar-refractivity contribution in [2.75, 3.05) is 0 Å². The van der Waals surface area contributed by atoms with Crippen molar-refractivity contribution < 1.29 is 4.79 Å². The highest BCUT2D eigenvalue weighted by atomic mass is 16.1. The van der Waals surface area contributed by atoms with Crippen LogP contribution >= 0.6 is 0 Å². The van der Waals surface area contributed by atoms with Gasteiger partial charge in [0.15, 0.2) is 0 Å². The average molecular weight is 191 g/mol. The number of allylic oxidation sites excluding steroid dienone is 4. The number of hydrogen-bond acceptors (Lipinski definition) is 1. The van der Waals surface area contributed by atoms with Crippen LogP contribution in [0.15, 0.2) is 35.6 Å². The largest absolute Gasteiger partial charge is 0.332 e. The fraction of sp³-hybridized carbons (Fsp3) is 0.417. The number of hydrogen-bond donors (Lipinski definition) is 1. The molecule has 2 heteroatoms. The van der Waals surface area contributed by atoms with E-state index in [1.807, 2.05) is 26.0 Å². The lowest BCUT2D eigenvalue weighted by Crippen LogP contribution is -2.24. The molecule has 1 rings (SSSR count). The highest BCUT2D eigenvalue weighted by molar-refractivity contribution is 5.84. The van der Waals surface area contributed by atoms with E-state index in [-0.39, 0.29) is 11.8 Å². The van der Waals surface area contributed by atoms with E-state index >= 15 is 0 Å². The predicted octanol–water partition coefficient (Wildman–Crippen LogP) is 2.55. The molecule has 1 aliphatic heterocycles. The van der Waals surface area contributed by atoms with E-state index in [0.29, 0.717) is 0 Å². The lowest BCUT2D eigenvalue weighted by molar-refractivity contribution is -0.122. The number of amides is 1. The van der Waals surface area contributed by atoms with Crippen LogP contribution in [0.25, 0.3) is 0 Å². The summed E-state index contributed by atoms with van der Waals surface area (Å²) in [5, 5.41) is 2.75. The van der Waals surface area contributed by atoms with Crippen LogP contribution in [0, 0.1) is 5.92 Å². The van der Waals surface area contributed by atoms with Gasteiger partial charge in [-0.15, -0.1) is 0 Å². The summed E-state index contributed by atoms with van der Waals surface area (Å²) in [5.41, 5.74) is 2.26. The smallest absolute Gasteiger partial charge is 0.231 e. The standard InChI is InChI=1S/C12H17NO/c1-4-6-11-9(3)12(14)13-8-7-10(11)5-2/h5-9H,4H2,1-3H3,(H,13,14)/b10-5-,11-6-. The van der Waals surface area contributed by atoms with E-state index in [1.54, 1.807) is 6.20 Å². The third-order valence-corrected chi connectivity index (χ3v) is 2.42. The predicted molar refractivity (Wildman–Crippen MR) is 58.6 cm³/mol. The number of nitrogens with one attached hydrogen (secondary N) is 1. The average Bonchev–Trinajstić information content (AvgIpc) is 2.31. The molecule has 76 valence electrons. The van der Waals surface area contributed by atoms with Crippen molar-refractivity contribution in [3.63, 3.8) is 0 Å². The molecule has 1 atom stereocenters. The summed E-state index contributed by atoms with van der Waals surface area (Å²) in [7, 11) is 0. The summed E-state index contributed by atoms with van der Waals surface area (Å²) in [6.07, 6.45) is 8.77. The van der Waals surface area contributed by atoms with Crippen molar-refractivity contribution >= 4 is 5.91 Å². The summed E-state index contributed by atoms with van der Waals surface area (Å²) in [4.78, 5) is 11.5. The van der Waals surface area contributed by atoms with Gasteiger partial charge >= 0.3 is 0 Å². The first kappa shape index (κ1) is 10.8. The fourth-order valence-electron chi connectivity index (χ4n) is 1.60. The fourth-order valence-corrected chi connectivity index (χ4v) is 1.60. The molecule has 0 saturated carbocycles. The molecule has 1 amide bonds. The highest BCUT2D eigenvalue weighted by Gasteiger charge is 2.20. The van der Waals surface area contributed by atoms with Gasteiger partial charge in [-0.2, -0.15) is 0 Å². The number of rotatable bonds is 1. The van der Waals surface area contributed by atoms with Gasteiger partial charge in [-0.1, -0.05) is 19.1 Å². The Bertz CT molecular complexity index is 310. The van der Waals surface area contributed by atoms with Crippen molar-refractivity contribution in [2.24, 2.45) is 5.92 Å². The van der Waals surface area contributed by atoms with E-state index in [2.05, 4.69) is 18.3 Å². The Morgan fingerprint density at radius 1 is 1.57 bits per heavy atom. The molecule has 0 saturated heterocycles. The Kier molecular flexibility index (Phi) is 3.69. The zero-order valence-corrected chi connectivity index (χ0v) is 9.00. The zero-order valence-electron chi connectivity index (χ0n) is 9.00. The molecular weight excluding hydrogens is 174 g/mol. The Morgan fingerprint density at radius 3 is 2.86 bits per heavy atom. The molecule has 1 unspecified atom stereocenters. The van der Waals surface area contributed by atoms with Gasteiger partial charge in [-0.3, -0.25) is 4.79 Å². The summed E-state index contributed by atoms with van der Waals surface area (Å²) in [6, 6.07) is 0. The molecular formula is C12H17NO. The molecule has 1 aliphatic rings. The van der Waals surface area contributed by atoms with Crippen molar-refractivity contribution in [3.05, 3.63) is 35.6 Å². The minimum Gasteiger partial charge on any atom is -0.332 e. The lowest BCUT2D eigenvalue weighted by Gasteiger charge is -2.12. The molecule has 1 heterocycles. The van der Waals surface area contributed by atoms with Crippen LogP contribution in [0.5, 0.6) is 0 Å². The molecule has 0 aromatic carbocycles. The van der Waals surface area contributed by atoms with E-state index < -0.39 is 0 Å². The molecule has 0 aromatic rings. The van der Waals surface area contributed by atoms with Crippen LogP contribution in [0.1, 0.15) is 27.2 Å². The van der Waals surface area contributed by atoms with Crippen LogP contribution in [-0.4, -0.2) is 5.91 Å². The van der Waals surface area contributed by atoms with Gasteiger partial charge in [0.2, 0.25) is 5.91 Å². The van der Waals surface area contributed by atoms with Crippen molar-refractivity contribution in [3.8, 4) is 0 Å². The van der Waals surface area contributed by atoms with E-state index in [9.17, 15) is 4.79 Å². The van der Waals surface area contributed by atoms with E-state index in [4.69, 9.17) is 0 Å². The monoisotopic (exact) mass is 191 g/mol. The van der Waals surface area contributed by atoms with Crippen LogP contribution in [0.2, 0.25) is 0 Å². The molecule has 0 aliphatic carbocycles. The second kappa shape index (κ2) is 4.80. The first-order valence-corrected chi connectivity index (χ1v) is 5.04. The molecule has 0 radical (unpaired) electrons. The third kappa shape index (κ3) is 2.13. The summed E-state index contributed by atoms with van der Waals surface area (Å²) in [6.45, 7) is 6.01. The highest BCUT2D eigenvalue weighted by Crippen LogP contribution is 2.23. The topological polar surface area (TPSA) is 29.1 Å². The first-order chi connectivity index (χ1) is 6.70. The minimum atomic E-state index is -0.0591. The van der Waals surface area contributed by atoms with Crippen molar-refractivity contribution in [1.82, 2.24) is 5.32 Å². The van der Waals surface area contributed by atoms with E-state index in [1.165, 1.54) is 0 Å². The molecule has 0 spiro atoms. The van der Waals surface area contributed by atoms with Crippen LogP contribution in [0.4, 0.5) is 0 Å². The van der Waals surface area contributed by atoms with Crippen molar-refractivity contribution in [1.29, 1.82) is 0 Å². The van der Waals surface area contributed by atoms with Gasteiger partial charge < -0.3 is 5.32 Å². The van der Waals surface area contributed by atoms with Gasteiger partial charge in [0.1, 0.15) is 0 Å². The normalized spacial score (nSPS) is 27.9. The van der Waals surface area contributed by atoms with E-state index in [0.717, 1.165) is 17.6 Å². The Balaban J connectivity index is 3.09. The van der Waals surface area contributed by atoms with Gasteiger partial charge in [0.05, 0.1) is 5.92 Å². The molecule has 0 fully saturated rings. The molecule has 0 bridgehead atoms.